The normalized spacial score (nSPS) is 16.0. The highest BCUT2D eigenvalue weighted by Gasteiger charge is 2.45. The third kappa shape index (κ3) is 5.13. The van der Waals surface area contributed by atoms with Crippen LogP contribution in [0.25, 0.3) is 11.1 Å². The molecule has 2 amide bonds. The molecule has 1 unspecified atom stereocenters. The van der Waals surface area contributed by atoms with Gasteiger partial charge in [-0.3, -0.25) is 9.62 Å². The zero-order chi connectivity index (χ0) is 26.9. The standard InChI is InChI=1S/C28H25N3O5S2/c1-37(33,34)29-24-13-9-11-22(19-24)21-10-8-12-23(18-21)27-20-30(38(35,36)26-16-6-3-7-17-26)28(32)31(27)25-14-4-2-5-15-25/h2-19,27,29H,20H2,1H3. The maximum Gasteiger partial charge on any atom is 0.339 e. The second kappa shape index (κ2) is 9.96. The summed E-state index contributed by atoms with van der Waals surface area (Å²) in [5, 5.41) is 0. The van der Waals surface area contributed by atoms with Gasteiger partial charge in [-0.15, -0.1) is 0 Å². The summed E-state index contributed by atoms with van der Waals surface area (Å²) >= 11 is 0. The number of para-hydroxylation sites is 1. The third-order valence-corrected chi connectivity index (χ3v) is 8.57. The van der Waals surface area contributed by atoms with E-state index in [-0.39, 0.29) is 11.4 Å². The molecule has 1 aliphatic heterocycles. The SMILES string of the molecule is CS(=O)(=O)Nc1cccc(-c2cccc(C3CN(S(=O)(=O)c4ccccc4)C(=O)N3c3ccccc3)c2)c1. The van der Waals surface area contributed by atoms with E-state index in [1.165, 1.54) is 17.0 Å². The molecule has 38 heavy (non-hydrogen) atoms. The van der Waals surface area contributed by atoms with Gasteiger partial charge < -0.3 is 0 Å². The number of hydrogen-bond acceptors (Lipinski definition) is 5. The first-order valence-corrected chi connectivity index (χ1v) is 15.1. The molecular formula is C28H25N3O5S2. The number of nitrogens with one attached hydrogen (secondary N) is 1. The van der Waals surface area contributed by atoms with Crippen LogP contribution in [-0.2, 0) is 20.0 Å². The van der Waals surface area contributed by atoms with Crippen LogP contribution < -0.4 is 9.62 Å². The predicted octanol–water partition coefficient (Wildman–Crippen LogP) is 5.10. The van der Waals surface area contributed by atoms with Crippen LogP contribution in [0.5, 0.6) is 0 Å². The quantitative estimate of drug-likeness (QED) is 0.347. The van der Waals surface area contributed by atoms with Gasteiger partial charge in [-0.05, 0) is 59.2 Å². The number of benzene rings is 4. The molecule has 194 valence electrons. The first kappa shape index (κ1) is 25.5. The highest BCUT2D eigenvalue weighted by molar-refractivity contribution is 7.92. The fourth-order valence-electron chi connectivity index (χ4n) is 4.53. The average molecular weight is 548 g/mol. The summed E-state index contributed by atoms with van der Waals surface area (Å²) in [5.41, 5.74) is 3.32. The monoisotopic (exact) mass is 547 g/mol. The molecule has 10 heteroatoms. The minimum absolute atomic E-state index is 0.0472. The molecule has 1 N–H and O–H groups in total. The minimum Gasteiger partial charge on any atom is -0.284 e. The van der Waals surface area contributed by atoms with Gasteiger partial charge >= 0.3 is 6.03 Å². The molecule has 0 saturated carbocycles. The largest absolute Gasteiger partial charge is 0.339 e. The van der Waals surface area contributed by atoms with E-state index in [0.29, 0.717) is 11.4 Å². The predicted molar refractivity (Wildman–Crippen MR) is 148 cm³/mol. The lowest BCUT2D eigenvalue weighted by Crippen LogP contribution is -2.36. The van der Waals surface area contributed by atoms with Crippen LogP contribution in [-0.4, -0.2) is 40.0 Å². The van der Waals surface area contributed by atoms with Gasteiger partial charge in [0.05, 0.1) is 23.7 Å². The molecule has 0 aromatic heterocycles. The van der Waals surface area contributed by atoms with Gasteiger partial charge in [0.2, 0.25) is 10.0 Å². The van der Waals surface area contributed by atoms with E-state index < -0.39 is 32.1 Å². The van der Waals surface area contributed by atoms with Crippen LogP contribution in [0, 0.1) is 0 Å². The van der Waals surface area contributed by atoms with Crippen molar-refractivity contribution in [2.24, 2.45) is 0 Å². The molecule has 4 aromatic carbocycles. The number of hydrogen-bond donors (Lipinski definition) is 1. The first-order valence-electron chi connectivity index (χ1n) is 11.8. The summed E-state index contributed by atoms with van der Waals surface area (Å²) in [4.78, 5) is 15.2. The summed E-state index contributed by atoms with van der Waals surface area (Å²) in [7, 11) is -7.52. The Morgan fingerprint density at radius 2 is 1.34 bits per heavy atom. The summed E-state index contributed by atoms with van der Waals surface area (Å²) in [5.74, 6) is 0. The number of carbonyl (C=O) groups is 1. The van der Waals surface area contributed by atoms with Crippen LogP contribution >= 0.6 is 0 Å². The van der Waals surface area contributed by atoms with E-state index in [1.54, 1.807) is 60.7 Å². The molecule has 5 rings (SSSR count). The summed E-state index contributed by atoms with van der Waals surface area (Å²) in [6, 6.07) is 30.1. The van der Waals surface area contributed by atoms with Crippen molar-refractivity contribution >= 4 is 37.5 Å². The number of rotatable bonds is 7. The number of sulfonamides is 2. The number of nitrogens with zero attached hydrogens (tertiary/aromatic N) is 2. The highest BCUT2D eigenvalue weighted by Crippen LogP contribution is 2.38. The van der Waals surface area contributed by atoms with E-state index in [2.05, 4.69) is 4.72 Å². The molecule has 0 bridgehead atoms. The van der Waals surface area contributed by atoms with Crippen molar-refractivity contribution in [1.29, 1.82) is 0 Å². The van der Waals surface area contributed by atoms with Crippen molar-refractivity contribution in [3.8, 4) is 11.1 Å². The van der Waals surface area contributed by atoms with Crippen LogP contribution in [0.2, 0.25) is 0 Å². The van der Waals surface area contributed by atoms with E-state index in [0.717, 1.165) is 27.3 Å². The smallest absolute Gasteiger partial charge is 0.284 e. The summed E-state index contributed by atoms with van der Waals surface area (Å²) < 4.78 is 53.7. The van der Waals surface area contributed by atoms with Crippen molar-refractivity contribution < 1.29 is 21.6 Å². The highest BCUT2D eigenvalue weighted by atomic mass is 32.2. The van der Waals surface area contributed by atoms with Crippen LogP contribution in [0.4, 0.5) is 16.2 Å². The zero-order valence-electron chi connectivity index (χ0n) is 20.4. The Balaban J connectivity index is 1.56. The maximum atomic E-state index is 13.6. The van der Waals surface area contributed by atoms with Gasteiger partial charge in [0, 0.05) is 11.4 Å². The Morgan fingerprint density at radius 3 is 2.00 bits per heavy atom. The Bertz CT molecular complexity index is 1690. The van der Waals surface area contributed by atoms with Gasteiger partial charge in [-0.25, -0.2) is 25.9 Å². The van der Waals surface area contributed by atoms with Crippen LogP contribution in [0.15, 0.2) is 114 Å². The van der Waals surface area contributed by atoms with E-state index in [4.69, 9.17) is 0 Å². The van der Waals surface area contributed by atoms with Crippen molar-refractivity contribution in [3.05, 3.63) is 115 Å². The molecular weight excluding hydrogens is 522 g/mol. The number of urea groups is 1. The first-order chi connectivity index (χ1) is 18.1. The number of carbonyl (C=O) groups excluding carboxylic acids is 1. The Morgan fingerprint density at radius 1 is 0.737 bits per heavy atom. The van der Waals surface area contributed by atoms with Gasteiger partial charge in [0.15, 0.2) is 0 Å². The van der Waals surface area contributed by atoms with Crippen molar-refractivity contribution in [3.63, 3.8) is 0 Å². The molecule has 1 saturated heterocycles. The van der Waals surface area contributed by atoms with E-state index in [1.807, 2.05) is 36.4 Å². The van der Waals surface area contributed by atoms with E-state index >= 15 is 0 Å². The Kier molecular flexibility index (Phi) is 6.68. The topological polar surface area (TPSA) is 104 Å². The fraction of sp³-hybridized carbons (Fsp3) is 0.107. The molecule has 1 aliphatic rings. The second-order valence-corrected chi connectivity index (χ2v) is 12.5. The molecule has 0 radical (unpaired) electrons. The van der Waals surface area contributed by atoms with Gasteiger partial charge in [-0.1, -0.05) is 66.7 Å². The Hall–Kier alpha value is -4.15. The van der Waals surface area contributed by atoms with Gasteiger partial charge in [-0.2, -0.15) is 0 Å². The lowest BCUT2D eigenvalue weighted by atomic mass is 9.98. The van der Waals surface area contributed by atoms with Gasteiger partial charge in [0.25, 0.3) is 10.0 Å². The number of amides is 2. The molecule has 1 heterocycles. The lowest BCUT2D eigenvalue weighted by Gasteiger charge is -2.24. The maximum absolute atomic E-state index is 13.6. The van der Waals surface area contributed by atoms with Crippen LogP contribution in [0.1, 0.15) is 11.6 Å². The zero-order valence-corrected chi connectivity index (χ0v) is 22.1. The average Bonchev–Trinajstić information content (AvgIpc) is 3.27. The molecule has 0 spiro atoms. The van der Waals surface area contributed by atoms with E-state index in [9.17, 15) is 21.6 Å². The van der Waals surface area contributed by atoms with Gasteiger partial charge in [0.1, 0.15) is 0 Å². The lowest BCUT2D eigenvalue weighted by molar-refractivity contribution is 0.239. The van der Waals surface area contributed by atoms with Crippen molar-refractivity contribution in [1.82, 2.24) is 4.31 Å². The molecule has 8 nitrogen and oxygen atoms in total. The third-order valence-electron chi connectivity index (χ3n) is 6.21. The van der Waals surface area contributed by atoms with Crippen molar-refractivity contribution in [2.45, 2.75) is 10.9 Å². The fourth-order valence-corrected chi connectivity index (χ4v) is 6.47. The summed E-state index contributed by atoms with van der Waals surface area (Å²) in [6.07, 6.45) is 1.09. The Labute approximate surface area is 222 Å². The molecule has 4 aromatic rings. The summed E-state index contributed by atoms with van der Waals surface area (Å²) in [6.45, 7) is -0.0654. The van der Waals surface area contributed by atoms with Crippen LogP contribution in [0.3, 0.4) is 0 Å². The van der Waals surface area contributed by atoms with Crippen molar-refractivity contribution in [2.75, 3.05) is 22.4 Å². The molecule has 1 fully saturated rings. The molecule has 0 aliphatic carbocycles. The number of anilines is 2. The molecule has 1 atom stereocenters. The minimum atomic E-state index is -4.08. The second-order valence-electron chi connectivity index (χ2n) is 8.93.